The molecule has 0 atom stereocenters. The van der Waals surface area contributed by atoms with Gasteiger partial charge < -0.3 is 9.84 Å². The Morgan fingerprint density at radius 1 is 1.39 bits per heavy atom. The molecule has 1 N–H and O–H groups in total. The first-order valence-corrected chi connectivity index (χ1v) is 6.76. The van der Waals surface area contributed by atoms with Gasteiger partial charge in [0.15, 0.2) is 0 Å². The normalized spacial score (nSPS) is 19.7. The number of piperidine rings is 1. The number of ether oxygens (including phenoxy) is 1. The smallest absolute Gasteiger partial charge is 0.120 e. The lowest BCUT2D eigenvalue weighted by molar-refractivity contribution is -0.00768. The van der Waals surface area contributed by atoms with Gasteiger partial charge in [-0.15, -0.1) is 0 Å². The minimum Gasteiger partial charge on any atom is -0.492 e. The molecule has 4 heteroatoms. The first-order valence-electron chi connectivity index (χ1n) is 6.38. The van der Waals surface area contributed by atoms with E-state index < -0.39 is 5.60 Å². The summed E-state index contributed by atoms with van der Waals surface area (Å²) in [7, 11) is 0. The molecule has 0 spiro atoms. The number of hydrogen-bond acceptors (Lipinski definition) is 3. The van der Waals surface area contributed by atoms with Gasteiger partial charge in [-0.3, -0.25) is 4.90 Å². The van der Waals surface area contributed by atoms with Crippen LogP contribution >= 0.6 is 11.6 Å². The summed E-state index contributed by atoms with van der Waals surface area (Å²) in [6.45, 7) is 5.33. The van der Waals surface area contributed by atoms with E-state index >= 15 is 0 Å². The molecule has 3 nitrogen and oxygen atoms in total. The first kappa shape index (κ1) is 13.7. The third kappa shape index (κ3) is 4.16. The summed E-state index contributed by atoms with van der Waals surface area (Å²) in [5.41, 5.74) is -0.482. The van der Waals surface area contributed by atoms with Gasteiger partial charge in [-0.05, 0) is 38.0 Å². The quantitative estimate of drug-likeness (QED) is 0.912. The van der Waals surface area contributed by atoms with Crippen molar-refractivity contribution in [3.8, 4) is 5.75 Å². The highest BCUT2D eigenvalue weighted by Crippen LogP contribution is 2.21. The zero-order valence-corrected chi connectivity index (χ0v) is 11.5. The topological polar surface area (TPSA) is 32.7 Å². The SMILES string of the molecule is CC1(O)CCN(CCOc2cccc(Cl)c2)CC1. The van der Waals surface area contributed by atoms with E-state index in [0.717, 1.165) is 38.2 Å². The molecule has 1 heterocycles. The summed E-state index contributed by atoms with van der Waals surface area (Å²) in [6.07, 6.45) is 1.67. The molecule has 1 fully saturated rings. The third-order valence-electron chi connectivity index (χ3n) is 3.41. The molecule has 18 heavy (non-hydrogen) atoms. The highest BCUT2D eigenvalue weighted by molar-refractivity contribution is 6.30. The number of aliphatic hydroxyl groups is 1. The second-order valence-corrected chi connectivity index (χ2v) is 5.58. The summed E-state index contributed by atoms with van der Waals surface area (Å²) >= 11 is 5.89. The predicted molar refractivity (Wildman–Crippen MR) is 73.2 cm³/mol. The maximum atomic E-state index is 9.85. The molecule has 2 rings (SSSR count). The Labute approximate surface area is 113 Å². The molecule has 1 aliphatic rings. The molecule has 0 aromatic heterocycles. The summed E-state index contributed by atoms with van der Waals surface area (Å²) in [6, 6.07) is 7.45. The fraction of sp³-hybridized carbons (Fsp3) is 0.571. The highest BCUT2D eigenvalue weighted by Gasteiger charge is 2.26. The van der Waals surface area contributed by atoms with E-state index in [2.05, 4.69) is 4.90 Å². The Morgan fingerprint density at radius 2 is 2.11 bits per heavy atom. The minimum absolute atomic E-state index is 0.482. The molecular weight excluding hydrogens is 250 g/mol. The van der Waals surface area contributed by atoms with Crippen LogP contribution in [0.1, 0.15) is 19.8 Å². The number of nitrogens with zero attached hydrogens (tertiary/aromatic N) is 1. The molecule has 1 aromatic rings. The monoisotopic (exact) mass is 269 g/mol. The van der Waals surface area contributed by atoms with Crippen molar-refractivity contribution >= 4 is 11.6 Å². The summed E-state index contributed by atoms with van der Waals surface area (Å²) in [4.78, 5) is 2.32. The zero-order chi connectivity index (χ0) is 13.0. The van der Waals surface area contributed by atoms with E-state index in [-0.39, 0.29) is 0 Å². The number of halogens is 1. The average Bonchev–Trinajstić information content (AvgIpc) is 2.31. The van der Waals surface area contributed by atoms with Gasteiger partial charge in [0.2, 0.25) is 0 Å². The maximum Gasteiger partial charge on any atom is 0.120 e. The number of rotatable bonds is 4. The van der Waals surface area contributed by atoms with E-state index in [0.29, 0.717) is 11.6 Å². The van der Waals surface area contributed by atoms with Gasteiger partial charge in [0.05, 0.1) is 5.60 Å². The van der Waals surface area contributed by atoms with Gasteiger partial charge in [-0.1, -0.05) is 17.7 Å². The van der Waals surface area contributed by atoms with Crippen LogP contribution in [0, 0.1) is 0 Å². The van der Waals surface area contributed by atoms with E-state index in [1.807, 2.05) is 31.2 Å². The minimum atomic E-state index is -0.482. The molecule has 1 saturated heterocycles. The van der Waals surface area contributed by atoms with Crippen LogP contribution in [0.5, 0.6) is 5.75 Å². The molecule has 0 amide bonds. The van der Waals surface area contributed by atoms with Gasteiger partial charge in [0, 0.05) is 24.7 Å². The van der Waals surface area contributed by atoms with Crippen molar-refractivity contribution in [2.75, 3.05) is 26.2 Å². The number of hydrogen-bond donors (Lipinski definition) is 1. The van der Waals surface area contributed by atoms with Crippen molar-refractivity contribution < 1.29 is 9.84 Å². The highest BCUT2D eigenvalue weighted by atomic mass is 35.5. The van der Waals surface area contributed by atoms with Crippen LogP contribution in [-0.4, -0.2) is 41.8 Å². The van der Waals surface area contributed by atoms with Crippen molar-refractivity contribution in [1.29, 1.82) is 0 Å². The molecule has 0 saturated carbocycles. The van der Waals surface area contributed by atoms with Crippen molar-refractivity contribution in [3.63, 3.8) is 0 Å². The van der Waals surface area contributed by atoms with Gasteiger partial charge in [-0.2, -0.15) is 0 Å². The van der Waals surface area contributed by atoms with Crippen molar-refractivity contribution in [2.24, 2.45) is 0 Å². The molecule has 0 radical (unpaired) electrons. The summed E-state index contributed by atoms with van der Waals surface area (Å²) in [5, 5.41) is 10.5. The van der Waals surface area contributed by atoms with Crippen molar-refractivity contribution in [1.82, 2.24) is 4.90 Å². The average molecular weight is 270 g/mol. The van der Waals surface area contributed by atoms with Crippen molar-refractivity contribution in [2.45, 2.75) is 25.4 Å². The molecular formula is C14H20ClNO2. The van der Waals surface area contributed by atoms with Gasteiger partial charge in [0.1, 0.15) is 12.4 Å². The van der Waals surface area contributed by atoms with Crippen molar-refractivity contribution in [3.05, 3.63) is 29.3 Å². The lowest BCUT2D eigenvalue weighted by atomic mass is 9.94. The number of likely N-dealkylation sites (tertiary alicyclic amines) is 1. The number of benzene rings is 1. The van der Waals surface area contributed by atoms with E-state index in [9.17, 15) is 5.11 Å². The summed E-state index contributed by atoms with van der Waals surface area (Å²) in [5.74, 6) is 0.812. The Kier molecular flexibility index (Phi) is 4.49. The molecule has 0 bridgehead atoms. The first-order chi connectivity index (χ1) is 8.55. The van der Waals surface area contributed by atoms with E-state index in [1.54, 1.807) is 0 Å². The predicted octanol–water partition coefficient (Wildman–Crippen LogP) is 2.57. The van der Waals surface area contributed by atoms with Crippen LogP contribution in [0.25, 0.3) is 0 Å². The van der Waals surface area contributed by atoms with Gasteiger partial charge in [0.25, 0.3) is 0 Å². The Morgan fingerprint density at radius 3 is 2.78 bits per heavy atom. The lowest BCUT2D eigenvalue weighted by Crippen LogP contribution is -2.43. The molecule has 0 unspecified atom stereocenters. The van der Waals surface area contributed by atoms with Gasteiger partial charge >= 0.3 is 0 Å². The van der Waals surface area contributed by atoms with Crippen LogP contribution in [0.3, 0.4) is 0 Å². The Bertz CT molecular complexity index is 385. The van der Waals surface area contributed by atoms with Gasteiger partial charge in [-0.25, -0.2) is 0 Å². The fourth-order valence-corrected chi connectivity index (χ4v) is 2.29. The second-order valence-electron chi connectivity index (χ2n) is 5.14. The Balaban J connectivity index is 1.70. The maximum absolute atomic E-state index is 9.85. The van der Waals surface area contributed by atoms with Crippen LogP contribution in [-0.2, 0) is 0 Å². The Hall–Kier alpha value is -0.770. The van der Waals surface area contributed by atoms with Crippen LogP contribution in [0.4, 0.5) is 0 Å². The lowest BCUT2D eigenvalue weighted by Gasteiger charge is -2.35. The standard InChI is InChI=1S/C14H20ClNO2/c1-14(17)5-7-16(8-6-14)9-10-18-13-4-2-3-12(15)11-13/h2-4,11,17H,5-10H2,1H3. The second kappa shape index (κ2) is 5.91. The molecule has 100 valence electrons. The molecule has 0 aliphatic carbocycles. The van der Waals surface area contributed by atoms with E-state index in [1.165, 1.54) is 0 Å². The van der Waals surface area contributed by atoms with Crippen LogP contribution in [0.2, 0.25) is 5.02 Å². The third-order valence-corrected chi connectivity index (χ3v) is 3.64. The molecule has 1 aromatic carbocycles. The fourth-order valence-electron chi connectivity index (χ4n) is 2.11. The summed E-state index contributed by atoms with van der Waals surface area (Å²) < 4.78 is 5.65. The largest absolute Gasteiger partial charge is 0.492 e. The molecule has 1 aliphatic heterocycles. The van der Waals surface area contributed by atoms with E-state index in [4.69, 9.17) is 16.3 Å². The zero-order valence-electron chi connectivity index (χ0n) is 10.7. The van der Waals surface area contributed by atoms with Crippen LogP contribution < -0.4 is 4.74 Å². The van der Waals surface area contributed by atoms with Crippen LogP contribution in [0.15, 0.2) is 24.3 Å².